The molecule has 14 heavy (non-hydrogen) atoms. The van der Waals surface area contributed by atoms with Crippen LogP contribution in [0.5, 0.6) is 0 Å². The predicted octanol–water partition coefficient (Wildman–Crippen LogP) is 2.54. The van der Waals surface area contributed by atoms with E-state index in [0.717, 1.165) is 15.7 Å². The summed E-state index contributed by atoms with van der Waals surface area (Å²) < 4.78 is 16.2. The molecule has 0 bridgehead atoms. The Hall–Kier alpha value is -0.870. The van der Waals surface area contributed by atoms with Gasteiger partial charge in [0.2, 0.25) is 0 Å². The molecule has 0 saturated heterocycles. The molecule has 0 fully saturated rings. The van der Waals surface area contributed by atoms with Crippen molar-refractivity contribution < 1.29 is 4.39 Å². The van der Waals surface area contributed by atoms with Crippen LogP contribution in [0.2, 0.25) is 0 Å². The van der Waals surface area contributed by atoms with Crippen LogP contribution in [-0.2, 0) is 13.6 Å². The smallest absolute Gasteiger partial charge is 0.133 e. The fraction of sp³-hybridized carbons (Fsp3) is 0.200. The van der Waals surface area contributed by atoms with Gasteiger partial charge >= 0.3 is 0 Å². The minimum atomic E-state index is -0.218. The minimum absolute atomic E-state index is 0.218. The highest BCUT2D eigenvalue weighted by atomic mass is 79.9. The minimum Gasteiger partial charge on any atom is -0.345 e. The van der Waals surface area contributed by atoms with Gasteiger partial charge in [-0.15, -0.1) is 0 Å². The lowest BCUT2D eigenvalue weighted by atomic mass is 10.2. The van der Waals surface area contributed by atoms with Crippen molar-refractivity contribution in [3.63, 3.8) is 0 Å². The van der Waals surface area contributed by atoms with Crippen LogP contribution in [0.1, 0.15) is 5.69 Å². The van der Waals surface area contributed by atoms with E-state index in [9.17, 15) is 4.39 Å². The van der Waals surface area contributed by atoms with Crippen molar-refractivity contribution in [3.8, 4) is 0 Å². The van der Waals surface area contributed by atoms with E-state index in [0.29, 0.717) is 11.9 Å². The van der Waals surface area contributed by atoms with E-state index in [2.05, 4.69) is 15.9 Å². The van der Waals surface area contributed by atoms with E-state index < -0.39 is 0 Å². The molecule has 0 amide bonds. The van der Waals surface area contributed by atoms with Crippen molar-refractivity contribution in [1.29, 1.82) is 0 Å². The summed E-state index contributed by atoms with van der Waals surface area (Å²) in [6.07, 6.45) is 0. The number of halogens is 2. The van der Waals surface area contributed by atoms with Gasteiger partial charge in [-0.25, -0.2) is 4.39 Å². The lowest BCUT2D eigenvalue weighted by Crippen LogP contribution is -2.03. The van der Waals surface area contributed by atoms with Gasteiger partial charge in [0.1, 0.15) is 5.82 Å². The van der Waals surface area contributed by atoms with Gasteiger partial charge < -0.3 is 10.3 Å². The third-order valence-corrected chi connectivity index (χ3v) is 3.28. The largest absolute Gasteiger partial charge is 0.345 e. The van der Waals surface area contributed by atoms with Crippen LogP contribution in [0, 0.1) is 5.82 Å². The molecule has 0 radical (unpaired) electrons. The van der Waals surface area contributed by atoms with Gasteiger partial charge in [-0.3, -0.25) is 0 Å². The summed E-state index contributed by atoms with van der Waals surface area (Å²) in [6, 6.07) is 5.03. The van der Waals surface area contributed by atoms with Crippen LogP contribution in [0.3, 0.4) is 0 Å². The average Bonchev–Trinajstić information content (AvgIpc) is 2.41. The van der Waals surface area contributed by atoms with E-state index in [1.54, 1.807) is 6.07 Å². The summed E-state index contributed by atoms with van der Waals surface area (Å²) in [5, 5.41) is 0.607. The Kier molecular flexibility index (Phi) is 2.33. The SMILES string of the molecule is Cn1c(CN)c(Br)c2c(F)cccc21. The monoisotopic (exact) mass is 256 g/mol. The molecular weight excluding hydrogens is 247 g/mol. The molecule has 0 saturated carbocycles. The normalized spacial score (nSPS) is 11.1. The second kappa shape index (κ2) is 3.37. The highest BCUT2D eigenvalue weighted by molar-refractivity contribution is 9.10. The van der Waals surface area contributed by atoms with Crippen LogP contribution in [0.4, 0.5) is 4.39 Å². The molecule has 2 N–H and O–H groups in total. The number of aromatic nitrogens is 1. The van der Waals surface area contributed by atoms with Crippen LogP contribution in [0.15, 0.2) is 22.7 Å². The van der Waals surface area contributed by atoms with Gasteiger partial charge in [0, 0.05) is 24.7 Å². The molecule has 1 aromatic carbocycles. The third kappa shape index (κ3) is 1.18. The maximum absolute atomic E-state index is 13.5. The predicted molar refractivity (Wildman–Crippen MR) is 58.5 cm³/mol. The Balaban J connectivity index is 2.94. The number of hydrogen-bond acceptors (Lipinski definition) is 1. The van der Waals surface area contributed by atoms with Crippen molar-refractivity contribution in [2.75, 3.05) is 0 Å². The molecule has 0 aliphatic rings. The first-order valence-electron chi connectivity index (χ1n) is 4.28. The van der Waals surface area contributed by atoms with Crippen LogP contribution in [-0.4, -0.2) is 4.57 Å². The standard InChI is InChI=1S/C10H10BrFN2/c1-14-7-4-2-3-6(12)9(7)10(11)8(14)5-13/h2-4H,5,13H2,1H3. The Labute approximate surface area is 89.6 Å². The quantitative estimate of drug-likeness (QED) is 0.836. The van der Waals surface area contributed by atoms with Crippen LogP contribution >= 0.6 is 15.9 Å². The molecule has 0 aliphatic carbocycles. The zero-order chi connectivity index (χ0) is 10.3. The molecule has 0 atom stereocenters. The van der Waals surface area contributed by atoms with E-state index in [1.807, 2.05) is 17.7 Å². The molecule has 0 spiro atoms. The third-order valence-electron chi connectivity index (χ3n) is 2.42. The van der Waals surface area contributed by atoms with Gasteiger partial charge in [-0.2, -0.15) is 0 Å². The fourth-order valence-corrected chi connectivity index (χ4v) is 2.49. The lowest BCUT2D eigenvalue weighted by molar-refractivity contribution is 0.639. The van der Waals surface area contributed by atoms with E-state index in [4.69, 9.17) is 5.73 Å². The topological polar surface area (TPSA) is 30.9 Å². The number of rotatable bonds is 1. The van der Waals surface area contributed by atoms with Gasteiger partial charge in [0.05, 0.1) is 9.99 Å². The number of benzene rings is 1. The van der Waals surface area contributed by atoms with E-state index in [1.165, 1.54) is 6.07 Å². The molecule has 74 valence electrons. The fourth-order valence-electron chi connectivity index (χ4n) is 1.67. The maximum Gasteiger partial charge on any atom is 0.133 e. The Morgan fingerprint density at radius 1 is 1.50 bits per heavy atom. The lowest BCUT2D eigenvalue weighted by Gasteiger charge is -2.00. The van der Waals surface area contributed by atoms with Crippen molar-refractivity contribution >= 4 is 26.8 Å². The Morgan fingerprint density at radius 2 is 2.21 bits per heavy atom. The number of nitrogens with zero attached hydrogens (tertiary/aromatic N) is 1. The first-order chi connectivity index (χ1) is 6.66. The van der Waals surface area contributed by atoms with Gasteiger partial charge in [-0.05, 0) is 28.1 Å². The number of fused-ring (bicyclic) bond motifs is 1. The van der Waals surface area contributed by atoms with Gasteiger partial charge in [0.15, 0.2) is 0 Å². The molecule has 2 rings (SSSR count). The number of nitrogens with two attached hydrogens (primary N) is 1. The average molecular weight is 257 g/mol. The summed E-state index contributed by atoms with van der Waals surface area (Å²) in [5.41, 5.74) is 7.36. The highest BCUT2D eigenvalue weighted by Crippen LogP contribution is 2.31. The molecule has 2 aromatic rings. The molecule has 1 heterocycles. The number of hydrogen-bond donors (Lipinski definition) is 1. The zero-order valence-electron chi connectivity index (χ0n) is 7.72. The number of aryl methyl sites for hydroxylation is 1. The molecule has 0 aliphatic heterocycles. The molecule has 1 aromatic heterocycles. The van der Waals surface area contributed by atoms with Crippen LogP contribution in [0.25, 0.3) is 10.9 Å². The van der Waals surface area contributed by atoms with E-state index >= 15 is 0 Å². The van der Waals surface area contributed by atoms with Crippen LogP contribution < -0.4 is 5.73 Å². The molecular formula is C10H10BrFN2. The summed E-state index contributed by atoms with van der Waals surface area (Å²) in [7, 11) is 1.88. The highest BCUT2D eigenvalue weighted by Gasteiger charge is 2.14. The molecule has 4 heteroatoms. The first-order valence-corrected chi connectivity index (χ1v) is 5.07. The van der Waals surface area contributed by atoms with Crippen molar-refractivity contribution in [3.05, 3.63) is 34.2 Å². The first kappa shape index (κ1) is 9.68. The summed E-state index contributed by atoms with van der Waals surface area (Å²) in [4.78, 5) is 0. The second-order valence-corrected chi connectivity index (χ2v) is 3.95. The Morgan fingerprint density at radius 3 is 2.79 bits per heavy atom. The summed E-state index contributed by atoms with van der Waals surface area (Å²) in [5.74, 6) is -0.218. The summed E-state index contributed by atoms with van der Waals surface area (Å²) in [6.45, 7) is 0.394. The molecule has 2 nitrogen and oxygen atoms in total. The zero-order valence-corrected chi connectivity index (χ0v) is 9.31. The van der Waals surface area contributed by atoms with E-state index in [-0.39, 0.29) is 5.82 Å². The van der Waals surface area contributed by atoms with Gasteiger partial charge in [-0.1, -0.05) is 6.07 Å². The van der Waals surface area contributed by atoms with Crippen molar-refractivity contribution in [1.82, 2.24) is 4.57 Å². The second-order valence-electron chi connectivity index (χ2n) is 3.16. The molecule has 0 unspecified atom stereocenters. The van der Waals surface area contributed by atoms with Gasteiger partial charge in [0.25, 0.3) is 0 Å². The summed E-state index contributed by atoms with van der Waals surface area (Å²) >= 11 is 3.37. The maximum atomic E-state index is 13.5. The van der Waals surface area contributed by atoms with Crippen molar-refractivity contribution in [2.45, 2.75) is 6.54 Å². The Bertz CT molecular complexity index is 490. The van der Waals surface area contributed by atoms with Crippen molar-refractivity contribution in [2.24, 2.45) is 12.8 Å².